The Hall–Kier alpha value is -1.41. The Morgan fingerprint density at radius 2 is 1.32 bits per heavy atom. The molecular formula is C20H30F6N2O4S2. The van der Waals surface area contributed by atoms with Gasteiger partial charge in [-0.15, -0.1) is 0 Å². The fourth-order valence-corrected chi connectivity index (χ4v) is 5.13. The van der Waals surface area contributed by atoms with Gasteiger partial charge in [0.15, 0.2) is 32.4 Å². The third kappa shape index (κ3) is 9.68. The first-order valence-electron chi connectivity index (χ1n) is 10.9. The van der Waals surface area contributed by atoms with Crippen LogP contribution in [0, 0.1) is 5.92 Å². The number of pyridine rings is 1. The lowest BCUT2D eigenvalue weighted by Crippen LogP contribution is -2.32. The lowest BCUT2D eigenvalue weighted by Gasteiger charge is -2.25. The zero-order valence-corrected chi connectivity index (χ0v) is 20.6. The number of nitrogens with zero attached hydrogens (tertiary/aromatic N) is 2. The molecule has 0 spiro atoms. The van der Waals surface area contributed by atoms with Crippen LogP contribution in [-0.4, -0.2) is 27.9 Å². The number of sulfonamides is 2. The first-order valence-corrected chi connectivity index (χ1v) is 13.7. The molecule has 14 heteroatoms. The largest absolute Gasteiger partial charge is 0.480 e. The van der Waals surface area contributed by atoms with E-state index in [1.807, 2.05) is 0 Å². The van der Waals surface area contributed by atoms with E-state index in [1.54, 1.807) is 5.56 Å². The molecule has 2 rings (SSSR count). The van der Waals surface area contributed by atoms with Crippen molar-refractivity contribution >= 4 is 20.0 Å². The molecule has 0 bridgehead atoms. The summed E-state index contributed by atoms with van der Waals surface area (Å²) in [5, 5.41) is 0. The minimum atomic E-state index is -6.72. The Morgan fingerprint density at radius 3 is 1.74 bits per heavy atom. The summed E-state index contributed by atoms with van der Waals surface area (Å²) in [5.74, 6) is 1.77. The van der Waals surface area contributed by atoms with Crippen LogP contribution < -0.4 is 4.57 Å². The molecule has 0 atom stereocenters. The Balaban J connectivity index is 0.000000352. The van der Waals surface area contributed by atoms with Gasteiger partial charge >= 0.3 is 11.0 Å². The van der Waals surface area contributed by atoms with Gasteiger partial charge in [0, 0.05) is 18.6 Å². The molecule has 34 heavy (non-hydrogen) atoms. The second-order valence-corrected chi connectivity index (χ2v) is 11.7. The van der Waals surface area contributed by atoms with Crippen molar-refractivity contribution in [2.45, 2.75) is 88.7 Å². The summed E-state index contributed by atoms with van der Waals surface area (Å²) >= 11 is 0. The lowest BCUT2D eigenvalue weighted by molar-refractivity contribution is -0.697. The molecule has 1 aliphatic carbocycles. The molecule has 0 amide bonds. The van der Waals surface area contributed by atoms with Gasteiger partial charge in [0.25, 0.3) is 0 Å². The highest BCUT2D eigenvalue weighted by molar-refractivity contribution is 8.13. The number of aromatic nitrogens is 1. The van der Waals surface area contributed by atoms with Crippen LogP contribution in [0.4, 0.5) is 26.3 Å². The first kappa shape index (κ1) is 30.6. The monoisotopic (exact) mass is 540 g/mol. The van der Waals surface area contributed by atoms with Crippen molar-refractivity contribution in [3.8, 4) is 0 Å². The van der Waals surface area contributed by atoms with E-state index in [4.69, 9.17) is 0 Å². The SMILES string of the molecule is CCCCCC[n+]1ccc(C2CCC(C)CC2)cc1.O=S(=O)([N-]S(=O)(=O)C(F)(F)F)C(F)(F)F. The van der Waals surface area contributed by atoms with Gasteiger partial charge in [-0.1, -0.05) is 39.5 Å². The van der Waals surface area contributed by atoms with E-state index < -0.39 is 31.1 Å². The first-order chi connectivity index (χ1) is 15.5. The Morgan fingerprint density at radius 1 is 0.853 bits per heavy atom. The summed E-state index contributed by atoms with van der Waals surface area (Å²) in [6, 6.07) is 4.72. The quantitative estimate of drug-likeness (QED) is 0.233. The molecular weight excluding hydrogens is 510 g/mol. The van der Waals surface area contributed by atoms with Crippen molar-refractivity contribution in [2.24, 2.45) is 5.92 Å². The molecule has 0 aliphatic heterocycles. The molecule has 1 heterocycles. The maximum Gasteiger partial charge on any atom is 0.480 e. The summed E-state index contributed by atoms with van der Waals surface area (Å²) in [4.78, 5) is 0. The van der Waals surface area contributed by atoms with E-state index in [0.29, 0.717) is 0 Å². The van der Waals surface area contributed by atoms with Gasteiger partial charge in [-0.25, -0.2) is 21.4 Å². The fourth-order valence-electron chi connectivity index (χ4n) is 3.42. The molecule has 0 saturated heterocycles. The van der Waals surface area contributed by atoms with Gasteiger partial charge in [0.05, 0.1) is 0 Å². The maximum atomic E-state index is 11.4. The predicted molar refractivity (Wildman–Crippen MR) is 114 cm³/mol. The van der Waals surface area contributed by atoms with Crippen molar-refractivity contribution in [2.75, 3.05) is 0 Å². The summed E-state index contributed by atoms with van der Waals surface area (Å²) in [7, 11) is -13.4. The predicted octanol–water partition coefficient (Wildman–Crippen LogP) is 5.91. The van der Waals surface area contributed by atoms with Crippen LogP contribution in [0.25, 0.3) is 4.13 Å². The zero-order chi connectivity index (χ0) is 26.2. The molecule has 0 unspecified atom stereocenters. The van der Waals surface area contributed by atoms with E-state index in [9.17, 15) is 43.2 Å². The van der Waals surface area contributed by atoms with Crippen LogP contribution in [0.5, 0.6) is 0 Å². The molecule has 1 aromatic rings. The normalized spacial score (nSPS) is 19.9. The maximum absolute atomic E-state index is 11.4. The minimum Gasteiger partial charge on any atom is -0.421 e. The Bertz CT molecular complexity index is 912. The standard InChI is InChI=1S/C18H30N.C2F6NO4S2/c1-3-4-5-6-13-19-14-11-18(12-15-19)17-9-7-16(2)8-10-17;3-1(4,5)14(10,11)9-15(12,13)2(6,7)8/h11-12,14-17H,3-10,13H2,1-2H3;/q+1;-1. The van der Waals surface area contributed by atoms with Crippen LogP contribution in [0.1, 0.15) is 76.7 Å². The van der Waals surface area contributed by atoms with Gasteiger partial charge in [-0.2, -0.15) is 26.3 Å². The highest BCUT2D eigenvalue weighted by Crippen LogP contribution is 2.36. The van der Waals surface area contributed by atoms with E-state index in [1.165, 1.54) is 57.9 Å². The van der Waals surface area contributed by atoms with Crippen molar-refractivity contribution in [1.29, 1.82) is 0 Å². The van der Waals surface area contributed by atoms with E-state index in [2.05, 4.69) is 42.9 Å². The van der Waals surface area contributed by atoms with Crippen LogP contribution in [0.3, 0.4) is 0 Å². The number of hydrogen-bond donors (Lipinski definition) is 0. The lowest BCUT2D eigenvalue weighted by atomic mass is 9.80. The summed E-state index contributed by atoms with van der Waals surface area (Å²) in [5.41, 5.74) is -10.8. The van der Waals surface area contributed by atoms with Gasteiger partial charge in [-0.05, 0) is 36.7 Å². The van der Waals surface area contributed by atoms with Gasteiger partial charge < -0.3 is 4.13 Å². The highest BCUT2D eigenvalue weighted by atomic mass is 32.3. The van der Waals surface area contributed by atoms with Crippen molar-refractivity contribution in [3.63, 3.8) is 0 Å². The molecule has 0 radical (unpaired) electrons. The van der Waals surface area contributed by atoms with E-state index in [0.717, 1.165) is 16.0 Å². The third-order valence-corrected chi connectivity index (χ3v) is 8.20. The van der Waals surface area contributed by atoms with Crippen LogP contribution in [0.15, 0.2) is 24.5 Å². The smallest absolute Gasteiger partial charge is 0.421 e. The second-order valence-electron chi connectivity index (χ2n) is 8.30. The molecule has 198 valence electrons. The number of alkyl halides is 6. The summed E-state index contributed by atoms with van der Waals surface area (Å²) in [6.07, 6.45) is 15.6. The molecule has 1 aliphatic rings. The van der Waals surface area contributed by atoms with E-state index in [-0.39, 0.29) is 0 Å². The summed E-state index contributed by atoms with van der Waals surface area (Å²) in [6.45, 7) is 5.85. The second kappa shape index (κ2) is 12.5. The Labute approximate surface area is 196 Å². The van der Waals surface area contributed by atoms with Crippen LogP contribution >= 0.6 is 0 Å². The van der Waals surface area contributed by atoms with Crippen molar-refractivity contribution in [3.05, 3.63) is 34.2 Å². The average Bonchev–Trinajstić information content (AvgIpc) is 2.70. The average molecular weight is 541 g/mol. The third-order valence-electron chi connectivity index (χ3n) is 5.46. The number of halogens is 6. The molecule has 1 saturated carbocycles. The van der Waals surface area contributed by atoms with Crippen LogP contribution in [-0.2, 0) is 26.6 Å². The van der Waals surface area contributed by atoms with Crippen molar-refractivity contribution < 1.29 is 47.7 Å². The minimum absolute atomic E-state index is 0.778. The van der Waals surface area contributed by atoms with Crippen LogP contribution in [0.2, 0.25) is 0 Å². The van der Waals surface area contributed by atoms with E-state index >= 15 is 0 Å². The Kier molecular flexibility index (Phi) is 11.3. The summed E-state index contributed by atoms with van der Waals surface area (Å²) < 4.78 is 112. The van der Waals surface area contributed by atoms with Crippen molar-refractivity contribution in [1.82, 2.24) is 0 Å². The number of rotatable bonds is 8. The fraction of sp³-hybridized carbons (Fsp3) is 0.750. The molecule has 6 nitrogen and oxygen atoms in total. The number of unbranched alkanes of at least 4 members (excludes halogenated alkanes) is 3. The van der Waals surface area contributed by atoms with Gasteiger partial charge in [0.1, 0.15) is 6.54 Å². The topological polar surface area (TPSA) is 86.3 Å². The molecule has 0 aromatic carbocycles. The molecule has 0 N–H and O–H groups in total. The van der Waals surface area contributed by atoms with Gasteiger partial charge in [0.2, 0.25) is 0 Å². The highest BCUT2D eigenvalue weighted by Gasteiger charge is 2.46. The zero-order valence-electron chi connectivity index (χ0n) is 18.9. The van der Waals surface area contributed by atoms with Gasteiger partial charge in [-0.3, -0.25) is 0 Å². The molecule has 1 fully saturated rings. The number of hydrogen-bond acceptors (Lipinski definition) is 4. The molecule has 1 aromatic heterocycles. The number of aryl methyl sites for hydroxylation is 1.